The molecule has 1 aliphatic heterocycles. The lowest BCUT2D eigenvalue weighted by Gasteiger charge is -2.16. The van der Waals surface area contributed by atoms with Gasteiger partial charge in [0.1, 0.15) is 6.17 Å². The third-order valence-electron chi connectivity index (χ3n) is 0.982. The lowest BCUT2D eigenvalue weighted by molar-refractivity contribution is 0.270. The van der Waals surface area contributed by atoms with Gasteiger partial charge in [0.2, 0.25) is 0 Å². The second-order valence-electron chi connectivity index (χ2n) is 1.68. The van der Waals surface area contributed by atoms with E-state index in [9.17, 15) is 4.39 Å². The average molecular weight is 104 g/mol. The normalized spacial score (nSPS) is 25.3. The first-order valence-corrected chi connectivity index (χ1v) is 2.45. The molecule has 0 radical (unpaired) electrons. The number of nitrogens with one attached hydrogen (secondary N) is 2. The van der Waals surface area contributed by atoms with Gasteiger partial charge in [0, 0.05) is 19.8 Å². The van der Waals surface area contributed by atoms with Crippen LogP contribution in [-0.4, -0.2) is 25.9 Å². The molecule has 0 spiro atoms. The van der Waals surface area contributed by atoms with Gasteiger partial charge in [0.25, 0.3) is 0 Å². The highest BCUT2D eigenvalue weighted by Crippen LogP contribution is 1.87. The molecule has 1 heterocycles. The van der Waals surface area contributed by atoms with Crippen molar-refractivity contribution >= 4 is 0 Å². The Bertz CT molecular complexity index is 51.7. The van der Waals surface area contributed by atoms with Crippen molar-refractivity contribution in [1.29, 1.82) is 0 Å². The molecule has 0 unspecified atom stereocenters. The maximum absolute atomic E-state index is 12.1. The van der Waals surface area contributed by atoms with E-state index in [0.29, 0.717) is 13.1 Å². The molecule has 0 aromatic carbocycles. The van der Waals surface area contributed by atoms with Crippen LogP contribution in [0.4, 0.5) is 4.39 Å². The zero-order valence-corrected chi connectivity index (χ0v) is 4.08. The van der Waals surface area contributed by atoms with Crippen LogP contribution in [0.1, 0.15) is 0 Å². The standard InChI is InChI=1S/C4H9FN2/c5-4-1-6-3-7-2-4/h4,6-7H,1-3H2. The summed E-state index contributed by atoms with van der Waals surface area (Å²) in [6.45, 7) is 1.76. The maximum Gasteiger partial charge on any atom is 0.125 e. The quantitative estimate of drug-likeness (QED) is 0.432. The van der Waals surface area contributed by atoms with Crippen LogP contribution in [0.2, 0.25) is 0 Å². The molecule has 1 saturated heterocycles. The minimum atomic E-state index is -0.686. The minimum Gasteiger partial charge on any atom is -0.302 e. The summed E-state index contributed by atoms with van der Waals surface area (Å²) in [5.74, 6) is 0. The van der Waals surface area contributed by atoms with Gasteiger partial charge in [-0.2, -0.15) is 0 Å². The van der Waals surface area contributed by atoms with E-state index in [2.05, 4.69) is 10.6 Å². The van der Waals surface area contributed by atoms with Crippen LogP contribution in [0.15, 0.2) is 0 Å². The molecule has 0 aromatic heterocycles. The number of halogens is 1. The Balaban J connectivity index is 2.12. The first kappa shape index (κ1) is 5.00. The molecule has 0 bridgehead atoms. The molecule has 3 heteroatoms. The summed E-state index contributed by atoms with van der Waals surface area (Å²) in [7, 11) is 0. The molecule has 2 N–H and O–H groups in total. The Morgan fingerprint density at radius 3 is 2.14 bits per heavy atom. The Labute approximate surface area is 42.1 Å². The molecule has 0 aromatic rings. The predicted octanol–water partition coefficient (Wildman–Crippen LogP) is -0.525. The van der Waals surface area contributed by atoms with Crippen molar-refractivity contribution in [2.24, 2.45) is 0 Å². The topological polar surface area (TPSA) is 24.1 Å². The van der Waals surface area contributed by atoms with Crippen molar-refractivity contribution in [3.05, 3.63) is 0 Å². The van der Waals surface area contributed by atoms with E-state index in [0.717, 1.165) is 6.67 Å². The maximum atomic E-state index is 12.1. The molecule has 7 heavy (non-hydrogen) atoms. The number of alkyl halides is 1. The molecule has 0 amide bonds. The number of hydrogen-bond donors (Lipinski definition) is 2. The van der Waals surface area contributed by atoms with Crippen LogP contribution < -0.4 is 10.6 Å². The fourth-order valence-corrected chi connectivity index (χ4v) is 0.618. The van der Waals surface area contributed by atoms with Crippen LogP contribution in [0.25, 0.3) is 0 Å². The van der Waals surface area contributed by atoms with Crippen molar-refractivity contribution in [3.8, 4) is 0 Å². The number of rotatable bonds is 0. The molecule has 0 saturated carbocycles. The second kappa shape index (κ2) is 2.23. The lowest BCUT2D eigenvalue weighted by atomic mass is 10.3. The zero-order valence-electron chi connectivity index (χ0n) is 4.08. The third kappa shape index (κ3) is 1.41. The molecule has 42 valence electrons. The molecular weight excluding hydrogens is 95.1 g/mol. The van der Waals surface area contributed by atoms with Crippen LogP contribution in [0.3, 0.4) is 0 Å². The summed E-state index contributed by atoms with van der Waals surface area (Å²) in [6.07, 6.45) is -0.686. The highest BCUT2D eigenvalue weighted by Gasteiger charge is 2.07. The van der Waals surface area contributed by atoms with E-state index < -0.39 is 6.17 Å². The van der Waals surface area contributed by atoms with Crippen LogP contribution in [0, 0.1) is 0 Å². The Hall–Kier alpha value is -0.150. The predicted molar refractivity (Wildman–Crippen MR) is 25.8 cm³/mol. The summed E-state index contributed by atoms with van der Waals surface area (Å²) in [6, 6.07) is 0. The van der Waals surface area contributed by atoms with Gasteiger partial charge in [-0.3, -0.25) is 0 Å². The monoisotopic (exact) mass is 104 g/mol. The fourth-order valence-electron chi connectivity index (χ4n) is 0.618. The van der Waals surface area contributed by atoms with Crippen molar-refractivity contribution in [2.75, 3.05) is 19.8 Å². The Morgan fingerprint density at radius 2 is 1.86 bits per heavy atom. The smallest absolute Gasteiger partial charge is 0.125 e. The van der Waals surface area contributed by atoms with E-state index in [1.54, 1.807) is 0 Å². The van der Waals surface area contributed by atoms with E-state index in [1.807, 2.05) is 0 Å². The van der Waals surface area contributed by atoms with Gasteiger partial charge in [-0.15, -0.1) is 0 Å². The summed E-state index contributed by atoms with van der Waals surface area (Å²) in [5.41, 5.74) is 0. The minimum absolute atomic E-state index is 0.507. The van der Waals surface area contributed by atoms with Crippen molar-refractivity contribution < 1.29 is 4.39 Å². The van der Waals surface area contributed by atoms with E-state index in [1.165, 1.54) is 0 Å². The van der Waals surface area contributed by atoms with Gasteiger partial charge in [0.15, 0.2) is 0 Å². The second-order valence-corrected chi connectivity index (χ2v) is 1.68. The molecule has 2 nitrogen and oxygen atoms in total. The van der Waals surface area contributed by atoms with Crippen molar-refractivity contribution in [1.82, 2.24) is 10.6 Å². The Kier molecular flexibility index (Phi) is 1.59. The highest BCUT2D eigenvalue weighted by atomic mass is 19.1. The van der Waals surface area contributed by atoms with Crippen LogP contribution in [-0.2, 0) is 0 Å². The molecule has 0 aliphatic carbocycles. The third-order valence-corrected chi connectivity index (χ3v) is 0.982. The first-order chi connectivity index (χ1) is 3.39. The molecule has 1 aliphatic rings. The molecule has 0 atom stereocenters. The first-order valence-electron chi connectivity index (χ1n) is 2.45. The highest BCUT2D eigenvalue weighted by molar-refractivity contribution is 4.66. The van der Waals surface area contributed by atoms with Crippen LogP contribution >= 0.6 is 0 Å². The summed E-state index contributed by atoms with van der Waals surface area (Å²) < 4.78 is 12.1. The molecular formula is C4H9FN2. The summed E-state index contributed by atoms with van der Waals surface area (Å²) >= 11 is 0. The summed E-state index contributed by atoms with van der Waals surface area (Å²) in [4.78, 5) is 0. The van der Waals surface area contributed by atoms with Crippen molar-refractivity contribution in [3.63, 3.8) is 0 Å². The van der Waals surface area contributed by atoms with E-state index >= 15 is 0 Å². The molecule has 1 rings (SSSR count). The number of hydrogen-bond acceptors (Lipinski definition) is 2. The lowest BCUT2D eigenvalue weighted by Crippen LogP contribution is -2.44. The van der Waals surface area contributed by atoms with Gasteiger partial charge in [-0.1, -0.05) is 0 Å². The van der Waals surface area contributed by atoms with Crippen molar-refractivity contribution in [2.45, 2.75) is 6.17 Å². The fraction of sp³-hybridized carbons (Fsp3) is 1.00. The van der Waals surface area contributed by atoms with Gasteiger partial charge < -0.3 is 10.6 Å². The van der Waals surface area contributed by atoms with Gasteiger partial charge >= 0.3 is 0 Å². The van der Waals surface area contributed by atoms with Gasteiger partial charge in [0.05, 0.1) is 0 Å². The Morgan fingerprint density at radius 1 is 1.29 bits per heavy atom. The average Bonchev–Trinajstić information content (AvgIpc) is 1.69. The largest absolute Gasteiger partial charge is 0.302 e. The summed E-state index contributed by atoms with van der Waals surface area (Å²) in [5, 5.41) is 5.70. The molecule has 1 fully saturated rings. The van der Waals surface area contributed by atoms with Gasteiger partial charge in [-0.25, -0.2) is 4.39 Å². The zero-order chi connectivity index (χ0) is 5.11. The van der Waals surface area contributed by atoms with Gasteiger partial charge in [-0.05, 0) is 0 Å². The SMILES string of the molecule is FC1CNCNC1. The van der Waals surface area contributed by atoms with E-state index in [-0.39, 0.29) is 0 Å². The van der Waals surface area contributed by atoms with E-state index in [4.69, 9.17) is 0 Å². The van der Waals surface area contributed by atoms with Crippen LogP contribution in [0.5, 0.6) is 0 Å².